The van der Waals surface area contributed by atoms with Crippen LogP contribution >= 0.6 is 0 Å². The van der Waals surface area contributed by atoms with Crippen molar-refractivity contribution < 1.29 is 28.6 Å². The topological polar surface area (TPSA) is 142 Å². The molecule has 11 heteroatoms. The van der Waals surface area contributed by atoms with Crippen molar-refractivity contribution >= 4 is 28.9 Å². The maximum absolute atomic E-state index is 13.3. The fourth-order valence-corrected chi connectivity index (χ4v) is 2.02. The van der Waals surface area contributed by atoms with Crippen molar-refractivity contribution in [2.24, 2.45) is 0 Å². The molecule has 0 heterocycles. The number of benzene rings is 2. The Hall–Kier alpha value is -3.89. The molecule has 0 aliphatic carbocycles. The highest BCUT2D eigenvalue weighted by Crippen LogP contribution is 2.23. The van der Waals surface area contributed by atoms with Gasteiger partial charge in [-0.1, -0.05) is 0 Å². The summed E-state index contributed by atoms with van der Waals surface area (Å²) in [7, 11) is 1.07. The van der Waals surface area contributed by atoms with E-state index in [1.807, 2.05) is 0 Å². The lowest BCUT2D eigenvalue weighted by Gasteiger charge is -2.07. The summed E-state index contributed by atoms with van der Waals surface area (Å²) in [5.41, 5.74) is -1.96. The molecule has 0 spiro atoms. The van der Waals surface area contributed by atoms with E-state index in [1.165, 1.54) is 0 Å². The van der Waals surface area contributed by atoms with Crippen LogP contribution in [0.1, 0.15) is 20.7 Å². The number of nitro groups is 2. The van der Waals surface area contributed by atoms with Crippen molar-refractivity contribution in [3.05, 3.63) is 73.6 Å². The third-order valence-electron chi connectivity index (χ3n) is 3.21. The van der Waals surface area contributed by atoms with Gasteiger partial charge in [-0.15, -0.1) is 0 Å². The number of esters is 1. The second-order valence-electron chi connectivity index (χ2n) is 4.89. The Labute approximate surface area is 144 Å². The number of hydrogen-bond acceptors (Lipinski definition) is 7. The number of non-ortho nitro benzene ring substituents is 1. The van der Waals surface area contributed by atoms with Gasteiger partial charge in [0.05, 0.1) is 22.5 Å². The Bertz CT molecular complexity index is 929. The van der Waals surface area contributed by atoms with Gasteiger partial charge in [0.25, 0.3) is 11.6 Å². The van der Waals surface area contributed by atoms with E-state index in [1.54, 1.807) is 0 Å². The number of methoxy groups -OCH3 is 1. The van der Waals surface area contributed by atoms with Crippen LogP contribution in [0.25, 0.3) is 0 Å². The standard InChI is InChI=1S/C15H10FN3O7/c1-26-15(21)9-4-8(5-11(6-9)18(22)23)14(20)17-10-2-3-12(16)13(7-10)19(24)25/h2-7H,1H3,(H,17,20). The molecule has 0 unspecified atom stereocenters. The first-order valence-electron chi connectivity index (χ1n) is 6.86. The van der Waals surface area contributed by atoms with Gasteiger partial charge in [0.15, 0.2) is 0 Å². The number of nitrogens with one attached hydrogen (secondary N) is 1. The van der Waals surface area contributed by atoms with Crippen LogP contribution < -0.4 is 5.32 Å². The van der Waals surface area contributed by atoms with Crippen molar-refractivity contribution in [1.29, 1.82) is 0 Å². The van der Waals surface area contributed by atoms with E-state index in [2.05, 4.69) is 10.1 Å². The second-order valence-corrected chi connectivity index (χ2v) is 4.89. The van der Waals surface area contributed by atoms with E-state index in [-0.39, 0.29) is 16.8 Å². The lowest BCUT2D eigenvalue weighted by molar-refractivity contribution is -0.387. The van der Waals surface area contributed by atoms with Crippen molar-refractivity contribution in [2.45, 2.75) is 0 Å². The molecule has 10 nitrogen and oxygen atoms in total. The van der Waals surface area contributed by atoms with Gasteiger partial charge in [-0.2, -0.15) is 4.39 Å². The van der Waals surface area contributed by atoms with Crippen LogP contribution in [0, 0.1) is 26.0 Å². The number of nitro benzene ring substituents is 2. The van der Waals surface area contributed by atoms with E-state index < -0.39 is 38.9 Å². The number of ether oxygens (including phenoxy) is 1. The number of amides is 1. The summed E-state index contributed by atoms with van der Waals surface area (Å²) in [6.07, 6.45) is 0. The maximum Gasteiger partial charge on any atom is 0.338 e. The van der Waals surface area contributed by atoms with Crippen LogP contribution in [0.15, 0.2) is 36.4 Å². The van der Waals surface area contributed by atoms with Crippen molar-refractivity contribution in [1.82, 2.24) is 0 Å². The molecule has 0 aliphatic heterocycles. The Morgan fingerprint density at radius 2 is 1.69 bits per heavy atom. The molecule has 0 aliphatic rings. The molecule has 1 amide bonds. The Morgan fingerprint density at radius 3 is 2.27 bits per heavy atom. The molecule has 26 heavy (non-hydrogen) atoms. The second kappa shape index (κ2) is 7.34. The minimum absolute atomic E-state index is 0.103. The average Bonchev–Trinajstić information content (AvgIpc) is 2.61. The monoisotopic (exact) mass is 363 g/mol. The Balaban J connectivity index is 2.39. The molecule has 2 aromatic rings. The van der Waals surface area contributed by atoms with Gasteiger partial charge < -0.3 is 10.1 Å². The van der Waals surface area contributed by atoms with E-state index in [0.29, 0.717) is 0 Å². The third kappa shape index (κ3) is 3.95. The van der Waals surface area contributed by atoms with Gasteiger partial charge in [0.1, 0.15) is 0 Å². The lowest BCUT2D eigenvalue weighted by atomic mass is 10.1. The van der Waals surface area contributed by atoms with E-state index in [4.69, 9.17) is 0 Å². The fraction of sp³-hybridized carbons (Fsp3) is 0.0667. The molecule has 2 rings (SSSR count). The summed E-state index contributed by atoms with van der Waals surface area (Å²) in [5, 5.41) is 23.9. The Kier molecular flexibility index (Phi) is 5.21. The van der Waals surface area contributed by atoms with Gasteiger partial charge in [0, 0.05) is 29.4 Å². The summed E-state index contributed by atoms with van der Waals surface area (Å²) in [5.74, 6) is -2.86. The first kappa shape index (κ1) is 18.4. The van der Waals surface area contributed by atoms with Gasteiger partial charge >= 0.3 is 11.7 Å². The highest BCUT2D eigenvalue weighted by molar-refractivity contribution is 6.06. The zero-order valence-corrected chi connectivity index (χ0v) is 13.1. The Morgan fingerprint density at radius 1 is 1.04 bits per heavy atom. The fourth-order valence-electron chi connectivity index (χ4n) is 2.02. The first-order valence-corrected chi connectivity index (χ1v) is 6.86. The van der Waals surface area contributed by atoms with Gasteiger partial charge in [0.2, 0.25) is 5.82 Å². The summed E-state index contributed by atoms with van der Waals surface area (Å²) in [6, 6.07) is 5.59. The van der Waals surface area contributed by atoms with Gasteiger partial charge in [-0.05, 0) is 18.2 Å². The zero-order valence-electron chi connectivity index (χ0n) is 13.1. The smallest absolute Gasteiger partial charge is 0.338 e. The number of anilines is 1. The van der Waals surface area contributed by atoms with Gasteiger partial charge in [-0.25, -0.2) is 4.79 Å². The SMILES string of the molecule is COC(=O)c1cc(C(=O)Nc2ccc(F)c([N+](=O)[O-])c2)cc([N+](=O)[O-])c1. The number of carbonyl (C=O) groups is 2. The van der Waals surface area contributed by atoms with Crippen LogP contribution in [-0.4, -0.2) is 28.8 Å². The highest BCUT2D eigenvalue weighted by Gasteiger charge is 2.20. The molecule has 1 N–H and O–H groups in total. The number of halogens is 1. The molecule has 2 aromatic carbocycles. The predicted octanol–water partition coefficient (Wildman–Crippen LogP) is 2.68. The molecule has 0 atom stereocenters. The van der Waals surface area contributed by atoms with E-state index in [0.717, 1.165) is 43.5 Å². The molecular formula is C15H10FN3O7. The van der Waals surface area contributed by atoms with Crippen LogP contribution in [0.3, 0.4) is 0 Å². The average molecular weight is 363 g/mol. The number of hydrogen-bond donors (Lipinski definition) is 1. The van der Waals surface area contributed by atoms with Crippen molar-refractivity contribution in [2.75, 3.05) is 12.4 Å². The number of rotatable bonds is 5. The molecule has 0 saturated heterocycles. The predicted molar refractivity (Wildman–Crippen MR) is 85.4 cm³/mol. The lowest BCUT2D eigenvalue weighted by Crippen LogP contribution is -2.14. The minimum Gasteiger partial charge on any atom is -0.465 e. The van der Waals surface area contributed by atoms with Gasteiger partial charge in [-0.3, -0.25) is 25.0 Å². The largest absolute Gasteiger partial charge is 0.465 e. The van der Waals surface area contributed by atoms with Crippen molar-refractivity contribution in [3.8, 4) is 0 Å². The maximum atomic E-state index is 13.3. The molecule has 0 fully saturated rings. The van der Waals surface area contributed by atoms with Crippen molar-refractivity contribution in [3.63, 3.8) is 0 Å². The highest BCUT2D eigenvalue weighted by atomic mass is 19.1. The zero-order chi connectivity index (χ0) is 19.4. The molecule has 0 aromatic heterocycles. The third-order valence-corrected chi connectivity index (χ3v) is 3.21. The number of carbonyl (C=O) groups excluding carboxylic acids is 2. The summed E-state index contributed by atoms with van der Waals surface area (Å²) < 4.78 is 17.8. The summed E-state index contributed by atoms with van der Waals surface area (Å²) >= 11 is 0. The normalized spacial score (nSPS) is 10.1. The molecule has 0 saturated carbocycles. The molecule has 0 bridgehead atoms. The van der Waals surface area contributed by atoms with Crippen LogP contribution in [0.5, 0.6) is 0 Å². The van der Waals surface area contributed by atoms with E-state index in [9.17, 15) is 34.2 Å². The van der Waals surface area contributed by atoms with Crippen LogP contribution in [-0.2, 0) is 4.74 Å². The van der Waals surface area contributed by atoms with E-state index >= 15 is 0 Å². The quantitative estimate of drug-likeness (QED) is 0.489. The molecule has 0 radical (unpaired) electrons. The first-order chi connectivity index (χ1) is 12.2. The molecule has 134 valence electrons. The minimum atomic E-state index is -1.09. The molecular weight excluding hydrogens is 353 g/mol. The van der Waals surface area contributed by atoms with Crippen LogP contribution in [0.2, 0.25) is 0 Å². The number of nitrogens with zero attached hydrogens (tertiary/aromatic N) is 2. The summed E-state index contributed by atoms with van der Waals surface area (Å²) in [6.45, 7) is 0. The van der Waals surface area contributed by atoms with Crippen LogP contribution in [0.4, 0.5) is 21.5 Å². The summed E-state index contributed by atoms with van der Waals surface area (Å²) in [4.78, 5) is 43.8.